The van der Waals surface area contributed by atoms with Gasteiger partial charge in [0.15, 0.2) is 5.58 Å². The van der Waals surface area contributed by atoms with Crippen LogP contribution in [0.3, 0.4) is 0 Å². The molecule has 0 unspecified atom stereocenters. The number of aryl methyl sites for hydroxylation is 1. The van der Waals surface area contributed by atoms with Crippen LogP contribution in [0.5, 0.6) is 0 Å². The van der Waals surface area contributed by atoms with Crippen molar-refractivity contribution in [1.82, 2.24) is 4.98 Å². The second-order valence-corrected chi connectivity index (χ2v) is 4.63. The number of oxazole rings is 1. The molecule has 0 saturated heterocycles. The molecule has 3 rings (SSSR count). The number of nitrogen functional groups attached to an aromatic ring is 1. The molecule has 102 valence electrons. The molecular weight excluding hydrogens is 254 g/mol. The third-order valence-corrected chi connectivity index (χ3v) is 3.21. The van der Waals surface area contributed by atoms with Crippen LogP contribution in [-0.4, -0.2) is 4.98 Å². The minimum absolute atomic E-state index is 0.459. The number of nitrogens with one attached hydrogen (secondary N) is 2. The molecule has 0 atom stereocenters. The van der Waals surface area contributed by atoms with E-state index in [1.807, 2.05) is 12.1 Å². The van der Waals surface area contributed by atoms with Crippen molar-refractivity contribution in [2.24, 2.45) is 0 Å². The SMILES string of the molecule is CCc1cccc(Nc2cc3[nH]c(=O)oc3cc2N)c1. The van der Waals surface area contributed by atoms with E-state index in [0.29, 0.717) is 16.8 Å². The first-order valence-electron chi connectivity index (χ1n) is 6.44. The Labute approximate surface area is 115 Å². The van der Waals surface area contributed by atoms with Gasteiger partial charge in [-0.2, -0.15) is 0 Å². The Morgan fingerprint density at radius 2 is 2.15 bits per heavy atom. The van der Waals surface area contributed by atoms with E-state index in [-0.39, 0.29) is 0 Å². The van der Waals surface area contributed by atoms with Gasteiger partial charge in [0.1, 0.15) is 0 Å². The highest BCUT2D eigenvalue weighted by Gasteiger charge is 2.07. The molecule has 5 nitrogen and oxygen atoms in total. The molecule has 2 aromatic carbocycles. The van der Waals surface area contributed by atoms with Crippen LogP contribution in [0.4, 0.5) is 17.1 Å². The minimum Gasteiger partial charge on any atom is -0.408 e. The predicted octanol–water partition coefficient (Wildman–Crippen LogP) is 3.01. The van der Waals surface area contributed by atoms with Gasteiger partial charge in [0.25, 0.3) is 0 Å². The molecule has 0 aliphatic heterocycles. The number of aromatic amines is 1. The summed E-state index contributed by atoms with van der Waals surface area (Å²) in [6, 6.07) is 11.5. The van der Waals surface area contributed by atoms with Crippen LogP contribution >= 0.6 is 0 Å². The smallest absolute Gasteiger partial charge is 0.408 e. The van der Waals surface area contributed by atoms with Crippen LogP contribution in [0.1, 0.15) is 12.5 Å². The van der Waals surface area contributed by atoms with Gasteiger partial charge in [0.2, 0.25) is 0 Å². The highest BCUT2D eigenvalue weighted by atomic mass is 16.4. The van der Waals surface area contributed by atoms with Gasteiger partial charge in [-0.15, -0.1) is 0 Å². The summed E-state index contributed by atoms with van der Waals surface area (Å²) < 4.78 is 4.97. The zero-order chi connectivity index (χ0) is 14.1. The first kappa shape index (κ1) is 12.3. The molecule has 0 radical (unpaired) electrons. The molecule has 0 fully saturated rings. The van der Waals surface area contributed by atoms with Crippen molar-refractivity contribution < 1.29 is 4.42 Å². The molecule has 0 bridgehead atoms. The van der Waals surface area contributed by atoms with Crippen LogP contribution < -0.4 is 16.8 Å². The molecule has 0 aliphatic carbocycles. The number of fused-ring (bicyclic) bond motifs is 1. The van der Waals surface area contributed by atoms with Crippen molar-refractivity contribution in [2.75, 3.05) is 11.1 Å². The summed E-state index contributed by atoms with van der Waals surface area (Å²) in [5.74, 6) is -0.482. The third kappa shape index (κ3) is 2.25. The van der Waals surface area contributed by atoms with Crippen molar-refractivity contribution in [1.29, 1.82) is 0 Å². The number of anilines is 3. The van der Waals surface area contributed by atoms with Crippen LogP contribution in [0.15, 0.2) is 45.6 Å². The number of rotatable bonds is 3. The predicted molar refractivity (Wildman–Crippen MR) is 80.3 cm³/mol. The van der Waals surface area contributed by atoms with Crippen molar-refractivity contribution in [3.8, 4) is 0 Å². The first-order valence-corrected chi connectivity index (χ1v) is 6.44. The Bertz CT molecular complexity index is 817. The largest absolute Gasteiger partial charge is 0.417 e. The fourth-order valence-corrected chi connectivity index (χ4v) is 2.15. The lowest BCUT2D eigenvalue weighted by Crippen LogP contribution is -1.97. The zero-order valence-corrected chi connectivity index (χ0v) is 11.1. The molecule has 0 spiro atoms. The van der Waals surface area contributed by atoms with Crippen molar-refractivity contribution >= 4 is 28.2 Å². The summed E-state index contributed by atoms with van der Waals surface area (Å²) in [4.78, 5) is 13.8. The molecule has 3 aromatic rings. The third-order valence-electron chi connectivity index (χ3n) is 3.21. The van der Waals surface area contributed by atoms with E-state index < -0.39 is 5.76 Å². The van der Waals surface area contributed by atoms with Crippen LogP contribution in [0.25, 0.3) is 11.1 Å². The summed E-state index contributed by atoms with van der Waals surface area (Å²) in [6.07, 6.45) is 0.971. The minimum atomic E-state index is -0.482. The molecular formula is C15H15N3O2. The van der Waals surface area contributed by atoms with Crippen LogP contribution in [0, 0.1) is 0 Å². The van der Waals surface area contributed by atoms with E-state index in [1.54, 1.807) is 12.1 Å². The Hall–Kier alpha value is -2.69. The van der Waals surface area contributed by atoms with E-state index in [2.05, 4.69) is 29.4 Å². The monoisotopic (exact) mass is 269 g/mol. The van der Waals surface area contributed by atoms with E-state index in [0.717, 1.165) is 17.8 Å². The van der Waals surface area contributed by atoms with E-state index >= 15 is 0 Å². The zero-order valence-electron chi connectivity index (χ0n) is 11.1. The summed E-state index contributed by atoms with van der Waals surface area (Å²) in [7, 11) is 0. The average Bonchev–Trinajstić information content (AvgIpc) is 2.78. The van der Waals surface area contributed by atoms with E-state index in [4.69, 9.17) is 10.2 Å². The van der Waals surface area contributed by atoms with E-state index in [9.17, 15) is 4.79 Å². The second-order valence-electron chi connectivity index (χ2n) is 4.63. The number of hydrogen-bond donors (Lipinski definition) is 3. The van der Waals surface area contributed by atoms with Crippen LogP contribution in [-0.2, 0) is 6.42 Å². The maximum atomic E-state index is 11.2. The molecule has 0 amide bonds. The molecule has 4 N–H and O–H groups in total. The summed E-state index contributed by atoms with van der Waals surface area (Å²) in [5.41, 5.74) is 10.5. The molecule has 5 heteroatoms. The van der Waals surface area contributed by atoms with Crippen LogP contribution in [0.2, 0.25) is 0 Å². The van der Waals surface area contributed by atoms with Gasteiger partial charge in [0.05, 0.1) is 16.9 Å². The molecule has 0 saturated carbocycles. The molecule has 0 aliphatic rings. The first-order chi connectivity index (χ1) is 9.65. The number of H-pyrrole nitrogens is 1. The van der Waals surface area contributed by atoms with Gasteiger partial charge in [-0.3, -0.25) is 4.98 Å². The van der Waals surface area contributed by atoms with Crippen molar-refractivity contribution in [3.05, 3.63) is 52.5 Å². The molecule has 1 aromatic heterocycles. The Morgan fingerprint density at radius 1 is 1.30 bits per heavy atom. The Balaban J connectivity index is 2.00. The van der Waals surface area contributed by atoms with Gasteiger partial charge in [0, 0.05) is 11.8 Å². The molecule has 20 heavy (non-hydrogen) atoms. The summed E-state index contributed by atoms with van der Waals surface area (Å²) in [5, 5.41) is 3.26. The highest BCUT2D eigenvalue weighted by molar-refractivity contribution is 5.87. The van der Waals surface area contributed by atoms with Gasteiger partial charge in [-0.05, 0) is 30.2 Å². The van der Waals surface area contributed by atoms with Crippen molar-refractivity contribution in [2.45, 2.75) is 13.3 Å². The second kappa shape index (κ2) is 4.77. The topological polar surface area (TPSA) is 84.0 Å². The fourth-order valence-electron chi connectivity index (χ4n) is 2.15. The van der Waals surface area contributed by atoms with E-state index in [1.165, 1.54) is 5.56 Å². The Kier molecular flexibility index (Phi) is 2.95. The maximum Gasteiger partial charge on any atom is 0.417 e. The fraction of sp³-hybridized carbons (Fsp3) is 0.133. The van der Waals surface area contributed by atoms with Gasteiger partial charge >= 0.3 is 5.76 Å². The van der Waals surface area contributed by atoms with Gasteiger partial charge in [-0.25, -0.2) is 4.79 Å². The van der Waals surface area contributed by atoms with Crippen molar-refractivity contribution in [3.63, 3.8) is 0 Å². The highest BCUT2D eigenvalue weighted by Crippen LogP contribution is 2.27. The lowest BCUT2D eigenvalue weighted by atomic mass is 10.1. The number of benzene rings is 2. The van der Waals surface area contributed by atoms with Gasteiger partial charge < -0.3 is 15.5 Å². The summed E-state index contributed by atoms with van der Waals surface area (Å²) in [6.45, 7) is 2.11. The number of nitrogens with two attached hydrogens (primary N) is 1. The normalized spacial score (nSPS) is 10.8. The maximum absolute atomic E-state index is 11.2. The average molecular weight is 269 g/mol. The lowest BCUT2D eigenvalue weighted by Gasteiger charge is -2.10. The lowest BCUT2D eigenvalue weighted by molar-refractivity contribution is 0.555. The Morgan fingerprint density at radius 3 is 2.95 bits per heavy atom. The number of aromatic nitrogens is 1. The van der Waals surface area contributed by atoms with Gasteiger partial charge in [-0.1, -0.05) is 19.1 Å². The number of hydrogen-bond acceptors (Lipinski definition) is 4. The quantitative estimate of drug-likeness (QED) is 0.638. The molecule has 1 heterocycles. The summed E-state index contributed by atoms with van der Waals surface area (Å²) >= 11 is 0. The standard InChI is InChI=1S/C15H15N3O2/c1-2-9-4-3-5-10(6-9)17-12-8-13-14(7-11(12)16)20-15(19)18-13/h3-8,17H,2,16H2,1H3,(H,18,19).